The lowest BCUT2D eigenvalue weighted by atomic mass is 10.3. The normalized spacial score (nSPS) is 16.3. The number of carbonyl (C=O) groups excluding carboxylic acids is 1. The highest BCUT2D eigenvalue weighted by atomic mass is 16.6. The third-order valence-electron chi connectivity index (χ3n) is 2.13. The SMILES string of the molecule is O=C(O)N1CCN(C(=O)OCCO)CC1. The number of hydrogen-bond acceptors (Lipinski definition) is 4. The first kappa shape index (κ1) is 11.6. The van der Waals surface area contributed by atoms with Crippen LogP contribution in [0, 0.1) is 0 Å². The molecule has 0 radical (unpaired) electrons. The van der Waals surface area contributed by atoms with Crippen molar-refractivity contribution < 1.29 is 24.5 Å². The fourth-order valence-corrected chi connectivity index (χ4v) is 1.30. The molecule has 1 rings (SSSR count). The molecule has 1 aliphatic heterocycles. The Labute approximate surface area is 86.8 Å². The Balaban J connectivity index is 2.30. The van der Waals surface area contributed by atoms with Gasteiger partial charge in [-0.2, -0.15) is 0 Å². The van der Waals surface area contributed by atoms with Crippen molar-refractivity contribution in [1.29, 1.82) is 0 Å². The van der Waals surface area contributed by atoms with Gasteiger partial charge in [-0.15, -0.1) is 0 Å². The molecule has 1 aliphatic rings. The van der Waals surface area contributed by atoms with Crippen LogP contribution in [-0.4, -0.2) is 71.6 Å². The van der Waals surface area contributed by atoms with Crippen molar-refractivity contribution >= 4 is 12.2 Å². The second kappa shape index (κ2) is 5.40. The minimum absolute atomic E-state index is 0.0298. The Morgan fingerprint density at radius 1 is 1.13 bits per heavy atom. The molecule has 0 aromatic carbocycles. The second-order valence-corrected chi connectivity index (χ2v) is 3.09. The van der Waals surface area contributed by atoms with E-state index in [2.05, 4.69) is 0 Å². The zero-order chi connectivity index (χ0) is 11.3. The standard InChI is InChI=1S/C8H14N2O5/c11-5-6-15-8(14)10-3-1-9(2-4-10)7(12)13/h11H,1-6H2,(H,12,13). The van der Waals surface area contributed by atoms with E-state index in [1.165, 1.54) is 9.80 Å². The second-order valence-electron chi connectivity index (χ2n) is 3.09. The molecule has 1 fully saturated rings. The first-order chi connectivity index (χ1) is 7.15. The predicted molar refractivity (Wildman–Crippen MR) is 49.6 cm³/mol. The molecule has 0 bridgehead atoms. The van der Waals surface area contributed by atoms with Crippen LogP contribution in [0.3, 0.4) is 0 Å². The fraction of sp³-hybridized carbons (Fsp3) is 0.750. The van der Waals surface area contributed by atoms with Gasteiger partial charge >= 0.3 is 12.2 Å². The Morgan fingerprint density at radius 3 is 2.13 bits per heavy atom. The predicted octanol–water partition coefficient (Wildman–Crippen LogP) is -0.589. The number of carbonyl (C=O) groups is 2. The third kappa shape index (κ3) is 3.28. The van der Waals surface area contributed by atoms with E-state index in [4.69, 9.17) is 14.9 Å². The third-order valence-corrected chi connectivity index (χ3v) is 2.13. The maximum Gasteiger partial charge on any atom is 0.409 e. The van der Waals surface area contributed by atoms with Gasteiger partial charge in [0.2, 0.25) is 0 Å². The van der Waals surface area contributed by atoms with Gasteiger partial charge in [-0.25, -0.2) is 9.59 Å². The number of carboxylic acid groups (broad SMARTS) is 1. The van der Waals surface area contributed by atoms with E-state index in [0.717, 1.165) is 0 Å². The maximum atomic E-state index is 11.3. The molecule has 1 heterocycles. The van der Waals surface area contributed by atoms with E-state index in [1.54, 1.807) is 0 Å². The fourth-order valence-electron chi connectivity index (χ4n) is 1.30. The quantitative estimate of drug-likeness (QED) is 0.646. The number of aliphatic hydroxyl groups is 1. The number of ether oxygens (including phenoxy) is 1. The van der Waals surface area contributed by atoms with Crippen LogP contribution < -0.4 is 0 Å². The Kier molecular flexibility index (Phi) is 4.17. The molecule has 0 aliphatic carbocycles. The minimum atomic E-state index is -0.974. The van der Waals surface area contributed by atoms with Gasteiger partial charge in [0.1, 0.15) is 6.61 Å². The average molecular weight is 218 g/mol. The van der Waals surface area contributed by atoms with E-state index < -0.39 is 12.2 Å². The molecule has 0 spiro atoms. The number of aliphatic hydroxyl groups excluding tert-OH is 1. The van der Waals surface area contributed by atoms with Gasteiger partial charge in [-0.3, -0.25) is 0 Å². The summed E-state index contributed by atoms with van der Waals surface area (Å²) >= 11 is 0. The van der Waals surface area contributed by atoms with Crippen molar-refractivity contribution in [2.45, 2.75) is 0 Å². The molecule has 0 saturated carbocycles. The molecule has 0 atom stereocenters. The van der Waals surface area contributed by atoms with Crippen LogP contribution in [0.5, 0.6) is 0 Å². The summed E-state index contributed by atoms with van der Waals surface area (Å²) in [5.74, 6) is 0. The van der Waals surface area contributed by atoms with E-state index in [1.807, 2.05) is 0 Å². The molecule has 0 unspecified atom stereocenters. The molecule has 7 nitrogen and oxygen atoms in total. The number of amides is 2. The van der Waals surface area contributed by atoms with E-state index >= 15 is 0 Å². The van der Waals surface area contributed by atoms with Gasteiger partial charge in [0.15, 0.2) is 0 Å². The Morgan fingerprint density at radius 2 is 1.67 bits per heavy atom. The molecule has 2 amide bonds. The monoisotopic (exact) mass is 218 g/mol. The van der Waals surface area contributed by atoms with Crippen LogP contribution in [-0.2, 0) is 4.74 Å². The lowest BCUT2D eigenvalue weighted by molar-refractivity contribution is 0.0628. The van der Waals surface area contributed by atoms with Crippen LogP contribution >= 0.6 is 0 Å². The molecule has 0 aromatic heterocycles. The summed E-state index contributed by atoms with van der Waals surface area (Å²) in [6, 6.07) is 0. The zero-order valence-electron chi connectivity index (χ0n) is 8.26. The summed E-state index contributed by atoms with van der Waals surface area (Å²) in [6.45, 7) is 1.01. The maximum absolute atomic E-state index is 11.3. The molecular formula is C8H14N2O5. The van der Waals surface area contributed by atoms with E-state index in [9.17, 15) is 9.59 Å². The van der Waals surface area contributed by atoms with Gasteiger partial charge < -0.3 is 24.7 Å². The molecule has 2 N–H and O–H groups in total. The number of nitrogens with zero attached hydrogens (tertiary/aromatic N) is 2. The average Bonchev–Trinajstić information content (AvgIpc) is 2.26. The van der Waals surface area contributed by atoms with Crippen LogP contribution in [0.1, 0.15) is 0 Å². The van der Waals surface area contributed by atoms with Crippen molar-refractivity contribution in [3.8, 4) is 0 Å². The first-order valence-electron chi connectivity index (χ1n) is 4.65. The van der Waals surface area contributed by atoms with Crippen LogP contribution in [0.2, 0.25) is 0 Å². The Bertz CT molecular complexity index is 237. The highest BCUT2D eigenvalue weighted by Crippen LogP contribution is 2.03. The lowest BCUT2D eigenvalue weighted by Gasteiger charge is -2.32. The number of rotatable bonds is 2. The first-order valence-corrected chi connectivity index (χ1v) is 4.65. The van der Waals surface area contributed by atoms with E-state index in [0.29, 0.717) is 26.2 Å². The Hall–Kier alpha value is -1.50. The molecule has 86 valence electrons. The van der Waals surface area contributed by atoms with Gasteiger partial charge in [0, 0.05) is 26.2 Å². The molecule has 0 aromatic rings. The molecule has 1 saturated heterocycles. The minimum Gasteiger partial charge on any atom is -0.465 e. The zero-order valence-corrected chi connectivity index (χ0v) is 8.26. The highest BCUT2D eigenvalue weighted by Gasteiger charge is 2.24. The molecule has 15 heavy (non-hydrogen) atoms. The summed E-state index contributed by atoms with van der Waals surface area (Å²) < 4.78 is 4.70. The van der Waals surface area contributed by atoms with Crippen molar-refractivity contribution in [2.24, 2.45) is 0 Å². The lowest BCUT2D eigenvalue weighted by Crippen LogP contribution is -2.50. The van der Waals surface area contributed by atoms with Crippen molar-refractivity contribution in [3.05, 3.63) is 0 Å². The van der Waals surface area contributed by atoms with Crippen LogP contribution in [0.15, 0.2) is 0 Å². The summed E-state index contributed by atoms with van der Waals surface area (Å²) in [7, 11) is 0. The number of hydrogen-bond donors (Lipinski definition) is 2. The van der Waals surface area contributed by atoms with Gasteiger partial charge in [0.25, 0.3) is 0 Å². The molecular weight excluding hydrogens is 204 g/mol. The van der Waals surface area contributed by atoms with Crippen molar-refractivity contribution in [2.75, 3.05) is 39.4 Å². The largest absolute Gasteiger partial charge is 0.465 e. The van der Waals surface area contributed by atoms with Crippen LogP contribution in [0.4, 0.5) is 9.59 Å². The topological polar surface area (TPSA) is 90.3 Å². The smallest absolute Gasteiger partial charge is 0.409 e. The van der Waals surface area contributed by atoms with E-state index in [-0.39, 0.29) is 13.2 Å². The van der Waals surface area contributed by atoms with Gasteiger partial charge in [-0.05, 0) is 0 Å². The summed E-state index contributed by atoms with van der Waals surface area (Å²) in [5, 5.41) is 17.1. The summed E-state index contributed by atoms with van der Waals surface area (Å²) in [4.78, 5) is 24.5. The van der Waals surface area contributed by atoms with Crippen molar-refractivity contribution in [3.63, 3.8) is 0 Å². The van der Waals surface area contributed by atoms with Crippen LogP contribution in [0.25, 0.3) is 0 Å². The van der Waals surface area contributed by atoms with Gasteiger partial charge in [0.05, 0.1) is 6.61 Å². The summed E-state index contributed by atoms with van der Waals surface area (Å²) in [6.07, 6.45) is -1.48. The highest BCUT2D eigenvalue weighted by molar-refractivity contribution is 5.69. The number of piperazine rings is 1. The van der Waals surface area contributed by atoms with Crippen molar-refractivity contribution in [1.82, 2.24) is 9.80 Å². The summed E-state index contributed by atoms with van der Waals surface area (Å²) in [5.41, 5.74) is 0. The van der Waals surface area contributed by atoms with Gasteiger partial charge in [-0.1, -0.05) is 0 Å². The molecule has 7 heteroatoms.